The summed E-state index contributed by atoms with van der Waals surface area (Å²) >= 11 is 0.921. The zero-order chi connectivity index (χ0) is 16.2. The van der Waals surface area contributed by atoms with Crippen LogP contribution in [0.25, 0.3) is 0 Å². The van der Waals surface area contributed by atoms with Crippen molar-refractivity contribution in [3.05, 3.63) is 16.1 Å². The smallest absolute Gasteiger partial charge is 0.391 e. The molecule has 9 heteroatoms. The molecule has 1 aromatic heterocycles. The lowest BCUT2D eigenvalue weighted by Gasteiger charge is -2.28. The number of nitrogens with zero attached hydrogens (tertiary/aromatic N) is 1. The lowest BCUT2D eigenvalue weighted by Crippen LogP contribution is -2.49. The van der Waals surface area contributed by atoms with E-state index in [4.69, 9.17) is 0 Å². The Morgan fingerprint density at radius 3 is 2.77 bits per heavy atom. The predicted molar refractivity (Wildman–Crippen MR) is 75.6 cm³/mol. The number of nitrogens with one attached hydrogen (secondary N) is 2. The number of aromatic nitrogens is 1. The second-order valence-corrected chi connectivity index (χ2v) is 6.18. The largest absolute Gasteiger partial charge is 0.434 e. The van der Waals surface area contributed by atoms with Crippen LogP contribution >= 0.6 is 11.3 Å². The number of hydrogen-bond acceptors (Lipinski definition) is 4. The highest BCUT2D eigenvalue weighted by molar-refractivity contribution is 7.09. The number of aliphatic hydroxyl groups is 1. The summed E-state index contributed by atoms with van der Waals surface area (Å²) in [5, 5.41) is 16.3. The number of halogens is 3. The maximum atomic E-state index is 12.4. The molecular formula is C13H18F3N3O2S. The third-order valence-electron chi connectivity index (χ3n) is 3.51. The summed E-state index contributed by atoms with van der Waals surface area (Å²) in [6, 6.07) is -0.677. The average molecular weight is 337 g/mol. The van der Waals surface area contributed by atoms with E-state index < -0.39 is 24.0 Å². The highest BCUT2D eigenvalue weighted by atomic mass is 32.1. The second kappa shape index (κ2) is 7.28. The Balaban J connectivity index is 1.71. The fourth-order valence-electron chi connectivity index (χ4n) is 2.34. The number of amides is 2. The number of urea groups is 1. The second-order valence-electron chi connectivity index (χ2n) is 5.23. The number of aliphatic hydroxyl groups excluding tert-OH is 1. The first-order chi connectivity index (χ1) is 10.4. The summed E-state index contributed by atoms with van der Waals surface area (Å²) in [6.07, 6.45) is -1.42. The lowest BCUT2D eigenvalue weighted by atomic mass is 9.93. The van der Waals surface area contributed by atoms with E-state index in [1.165, 1.54) is 0 Å². The molecule has 1 saturated carbocycles. The van der Waals surface area contributed by atoms with Gasteiger partial charge in [-0.3, -0.25) is 0 Å². The molecule has 5 nitrogen and oxygen atoms in total. The number of rotatable bonds is 4. The summed E-state index contributed by atoms with van der Waals surface area (Å²) in [7, 11) is 0. The van der Waals surface area contributed by atoms with Gasteiger partial charge in [0.1, 0.15) is 0 Å². The van der Waals surface area contributed by atoms with E-state index in [0.29, 0.717) is 11.4 Å². The van der Waals surface area contributed by atoms with E-state index in [1.54, 1.807) is 0 Å². The Morgan fingerprint density at radius 1 is 1.41 bits per heavy atom. The van der Waals surface area contributed by atoms with Crippen LogP contribution in [0.3, 0.4) is 0 Å². The van der Waals surface area contributed by atoms with E-state index >= 15 is 0 Å². The number of hydrogen-bond donors (Lipinski definition) is 3. The molecule has 22 heavy (non-hydrogen) atoms. The topological polar surface area (TPSA) is 74.2 Å². The van der Waals surface area contributed by atoms with Crippen LogP contribution in [0.4, 0.5) is 18.0 Å². The molecule has 0 radical (unpaired) electrons. The molecule has 2 atom stereocenters. The van der Waals surface area contributed by atoms with Gasteiger partial charge in [0.15, 0.2) is 5.69 Å². The van der Waals surface area contributed by atoms with Gasteiger partial charge in [0, 0.05) is 18.3 Å². The van der Waals surface area contributed by atoms with Crippen molar-refractivity contribution in [3.8, 4) is 0 Å². The third-order valence-corrected chi connectivity index (χ3v) is 4.42. The molecule has 1 fully saturated rings. The maximum Gasteiger partial charge on any atom is 0.434 e. The van der Waals surface area contributed by atoms with Crippen molar-refractivity contribution >= 4 is 17.4 Å². The molecule has 2 rings (SSSR count). The molecule has 0 bridgehead atoms. The SMILES string of the molecule is O=C(NCCc1nc(C(F)(F)F)cs1)N[C@@H]1CCCC[C@H]1O. The molecule has 3 N–H and O–H groups in total. The number of carbonyl (C=O) groups excluding carboxylic acids is 1. The molecule has 1 heterocycles. The van der Waals surface area contributed by atoms with Crippen molar-refractivity contribution in [1.29, 1.82) is 0 Å². The predicted octanol–water partition coefficient (Wildman–Crippen LogP) is 2.31. The lowest BCUT2D eigenvalue weighted by molar-refractivity contribution is -0.140. The van der Waals surface area contributed by atoms with Gasteiger partial charge in [0.2, 0.25) is 0 Å². The Bertz CT molecular complexity index is 507. The first-order valence-electron chi connectivity index (χ1n) is 7.10. The van der Waals surface area contributed by atoms with Gasteiger partial charge in [-0.1, -0.05) is 12.8 Å². The van der Waals surface area contributed by atoms with Crippen molar-refractivity contribution in [3.63, 3.8) is 0 Å². The van der Waals surface area contributed by atoms with Crippen LogP contribution in [0, 0.1) is 0 Å². The molecule has 124 valence electrons. The van der Waals surface area contributed by atoms with Crippen molar-refractivity contribution in [2.24, 2.45) is 0 Å². The van der Waals surface area contributed by atoms with Crippen LogP contribution in [0.15, 0.2) is 5.38 Å². The van der Waals surface area contributed by atoms with Crippen LogP contribution in [0.2, 0.25) is 0 Å². The molecule has 0 spiro atoms. The van der Waals surface area contributed by atoms with Crippen LogP contribution in [0.1, 0.15) is 36.4 Å². The monoisotopic (exact) mass is 337 g/mol. The fourth-order valence-corrected chi connectivity index (χ4v) is 3.14. The van der Waals surface area contributed by atoms with E-state index in [1.807, 2.05) is 0 Å². The highest BCUT2D eigenvalue weighted by Crippen LogP contribution is 2.30. The minimum Gasteiger partial charge on any atom is -0.391 e. The quantitative estimate of drug-likeness (QED) is 0.789. The molecule has 2 amide bonds. The fraction of sp³-hybridized carbons (Fsp3) is 0.692. The van der Waals surface area contributed by atoms with E-state index in [2.05, 4.69) is 15.6 Å². The standard InChI is InChI=1S/C13H18F3N3O2S/c14-13(15,16)10-7-22-11(19-10)5-6-17-12(21)18-8-3-1-2-4-9(8)20/h7-9,20H,1-6H2,(H2,17,18,21)/t8-,9-/m1/s1. The molecule has 0 aromatic carbocycles. The van der Waals surface area contributed by atoms with Gasteiger partial charge >= 0.3 is 12.2 Å². The van der Waals surface area contributed by atoms with Gasteiger partial charge < -0.3 is 15.7 Å². The van der Waals surface area contributed by atoms with Crippen LogP contribution < -0.4 is 10.6 Å². The third kappa shape index (κ3) is 4.84. The van der Waals surface area contributed by atoms with Crippen LogP contribution in [0.5, 0.6) is 0 Å². The van der Waals surface area contributed by atoms with Crippen LogP contribution in [-0.2, 0) is 12.6 Å². The summed E-state index contributed by atoms with van der Waals surface area (Å²) in [5.41, 5.74) is -0.901. The van der Waals surface area contributed by atoms with Crippen molar-refractivity contribution in [2.45, 2.75) is 50.4 Å². The minimum atomic E-state index is -4.43. The molecule has 0 saturated heterocycles. The number of carbonyl (C=O) groups is 1. The van der Waals surface area contributed by atoms with E-state index in [-0.39, 0.29) is 19.0 Å². The zero-order valence-electron chi connectivity index (χ0n) is 11.8. The van der Waals surface area contributed by atoms with Crippen molar-refractivity contribution in [2.75, 3.05) is 6.54 Å². The number of thiazole rings is 1. The average Bonchev–Trinajstić information content (AvgIpc) is 2.90. The maximum absolute atomic E-state index is 12.4. The summed E-state index contributed by atoms with van der Waals surface area (Å²) in [4.78, 5) is 15.2. The van der Waals surface area contributed by atoms with Gasteiger partial charge in [0.05, 0.1) is 17.2 Å². The van der Waals surface area contributed by atoms with E-state index in [9.17, 15) is 23.1 Å². The van der Waals surface area contributed by atoms with Crippen molar-refractivity contribution < 1.29 is 23.1 Å². The zero-order valence-corrected chi connectivity index (χ0v) is 12.6. The van der Waals surface area contributed by atoms with Crippen molar-refractivity contribution in [1.82, 2.24) is 15.6 Å². The minimum absolute atomic E-state index is 0.194. The highest BCUT2D eigenvalue weighted by Gasteiger charge is 2.33. The van der Waals surface area contributed by atoms with E-state index in [0.717, 1.165) is 36.0 Å². The van der Waals surface area contributed by atoms with Gasteiger partial charge in [-0.25, -0.2) is 9.78 Å². The number of alkyl halides is 3. The summed E-state index contributed by atoms with van der Waals surface area (Å²) in [6.45, 7) is 0.194. The van der Waals surface area contributed by atoms with Gasteiger partial charge in [0.25, 0.3) is 0 Å². The Kier molecular flexibility index (Phi) is 5.63. The van der Waals surface area contributed by atoms with Crippen LogP contribution in [-0.4, -0.2) is 34.8 Å². The molecule has 0 aliphatic heterocycles. The molecular weight excluding hydrogens is 319 g/mol. The molecule has 1 aliphatic rings. The Labute approximate surface area is 129 Å². The summed E-state index contributed by atoms with van der Waals surface area (Å²) in [5.74, 6) is 0. The normalized spacial score (nSPS) is 22.4. The Morgan fingerprint density at radius 2 is 2.14 bits per heavy atom. The summed E-state index contributed by atoms with van der Waals surface area (Å²) < 4.78 is 37.2. The first kappa shape index (κ1) is 17.0. The van der Waals surface area contributed by atoms with Gasteiger partial charge in [-0.2, -0.15) is 13.2 Å². The Hall–Kier alpha value is -1.35. The molecule has 1 aliphatic carbocycles. The van der Waals surface area contributed by atoms with Gasteiger partial charge in [-0.05, 0) is 12.8 Å². The molecule has 0 unspecified atom stereocenters. The first-order valence-corrected chi connectivity index (χ1v) is 7.98. The van der Waals surface area contributed by atoms with Gasteiger partial charge in [-0.15, -0.1) is 11.3 Å². The molecule has 1 aromatic rings.